The largest absolute Gasteiger partial charge is 0.350 e. The molecule has 0 heterocycles. The van der Waals surface area contributed by atoms with E-state index in [2.05, 4.69) is 10.6 Å². The Balaban J connectivity index is 1.91. The van der Waals surface area contributed by atoms with Crippen molar-refractivity contribution in [1.82, 2.24) is 5.32 Å². The van der Waals surface area contributed by atoms with Crippen LogP contribution in [-0.2, 0) is 4.79 Å². The minimum absolute atomic E-state index is 0.0699. The summed E-state index contributed by atoms with van der Waals surface area (Å²) >= 11 is 0. The van der Waals surface area contributed by atoms with Crippen LogP contribution in [0.2, 0.25) is 0 Å². The van der Waals surface area contributed by atoms with Gasteiger partial charge in [-0.15, -0.1) is 0 Å². The van der Waals surface area contributed by atoms with E-state index in [0.717, 1.165) is 37.8 Å². The second-order valence-electron chi connectivity index (χ2n) is 6.18. The average molecular weight is 302 g/mol. The zero-order valence-corrected chi connectivity index (χ0v) is 13.5. The fraction of sp³-hybridized carbons (Fsp3) is 0.556. The monoisotopic (exact) mass is 302 g/mol. The molecule has 2 rings (SSSR count). The lowest BCUT2D eigenvalue weighted by Gasteiger charge is -2.20. The highest BCUT2D eigenvalue weighted by atomic mass is 16.2. The molecule has 2 N–H and O–H groups in total. The Morgan fingerprint density at radius 1 is 1.14 bits per heavy atom. The Hall–Kier alpha value is -1.84. The molecule has 1 aliphatic carbocycles. The molecule has 0 bridgehead atoms. The van der Waals surface area contributed by atoms with Crippen LogP contribution in [0.25, 0.3) is 0 Å². The molecular formula is C18H26N2O2. The van der Waals surface area contributed by atoms with E-state index < -0.39 is 0 Å². The SMILES string of the molecule is CCC(C)NC(=O)c1ccc(NC(=O)C2CCCCC2)cc1. The molecule has 1 aromatic carbocycles. The molecule has 120 valence electrons. The molecule has 1 aliphatic rings. The van der Waals surface area contributed by atoms with Gasteiger partial charge in [0.25, 0.3) is 5.91 Å². The van der Waals surface area contributed by atoms with Crippen LogP contribution in [-0.4, -0.2) is 17.9 Å². The van der Waals surface area contributed by atoms with Crippen molar-refractivity contribution in [2.24, 2.45) is 5.92 Å². The number of carbonyl (C=O) groups excluding carboxylic acids is 2. The van der Waals surface area contributed by atoms with Crippen molar-refractivity contribution >= 4 is 17.5 Å². The predicted molar refractivity (Wildman–Crippen MR) is 88.9 cm³/mol. The zero-order valence-electron chi connectivity index (χ0n) is 13.5. The Labute approximate surface area is 132 Å². The molecule has 22 heavy (non-hydrogen) atoms. The highest BCUT2D eigenvalue weighted by Gasteiger charge is 2.21. The Kier molecular flexibility index (Phi) is 5.99. The third kappa shape index (κ3) is 4.58. The van der Waals surface area contributed by atoms with Crippen LogP contribution in [0.1, 0.15) is 62.7 Å². The van der Waals surface area contributed by atoms with Gasteiger partial charge in [0, 0.05) is 23.2 Å². The van der Waals surface area contributed by atoms with Gasteiger partial charge in [0.1, 0.15) is 0 Å². The summed E-state index contributed by atoms with van der Waals surface area (Å²) < 4.78 is 0. The van der Waals surface area contributed by atoms with Gasteiger partial charge in [-0.05, 0) is 50.5 Å². The molecule has 0 saturated heterocycles. The number of hydrogen-bond acceptors (Lipinski definition) is 2. The highest BCUT2D eigenvalue weighted by molar-refractivity contribution is 5.96. The lowest BCUT2D eigenvalue weighted by atomic mass is 9.88. The van der Waals surface area contributed by atoms with Crippen LogP contribution < -0.4 is 10.6 Å². The van der Waals surface area contributed by atoms with Crippen molar-refractivity contribution in [2.45, 2.75) is 58.4 Å². The summed E-state index contributed by atoms with van der Waals surface area (Å²) in [7, 11) is 0. The van der Waals surface area contributed by atoms with E-state index in [1.54, 1.807) is 24.3 Å². The Morgan fingerprint density at radius 3 is 2.36 bits per heavy atom. The molecule has 0 spiro atoms. The molecule has 0 aromatic heterocycles. The summed E-state index contributed by atoms with van der Waals surface area (Å²) in [4.78, 5) is 24.2. The van der Waals surface area contributed by atoms with Gasteiger partial charge in [-0.2, -0.15) is 0 Å². The van der Waals surface area contributed by atoms with Gasteiger partial charge in [0.2, 0.25) is 5.91 Å². The lowest BCUT2D eigenvalue weighted by molar-refractivity contribution is -0.120. The minimum atomic E-state index is -0.0699. The van der Waals surface area contributed by atoms with Crippen LogP contribution in [0.15, 0.2) is 24.3 Å². The molecule has 1 saturated carbocycles. The molecule has 1 atom stereocenters. The van der Waals surface area contributed by atoms with Crippen LogP contribution >= 0.6 is 0 Å². The maximum Gasteiger partial charge on any atom is 0.251 e. The predicted octanol–water partition coefficient (Wildman–Crippen LogP) is 3.73. The molecule has 4 nitrogen and oxygen atoms in total. The summed E-state index contributed by atoms with van der Waals surface area (Å²) in [6.07, 6.45) is 6.41. The van der Waals surface area contributed by atoms with E-state index in [1.165, 1.54) is 6.42 Å². The molecule has 0 aliphatic heterocycles. The van der Waals surface area contributed by atoms with E-state index in [-0.39, 0.29) is 23.8 Å². The second-order valence-corrected chi connectivity index (χ2v) is 6.18. The fourth-order valence-corrected chi connectivity index (χ4v) is 2.72. The summed E-state index contributed by atoms with van der Waals surface area (Å²) in [6, 6.07) is 7.28. The van der Waals surface area contributed by atoms with Crippen molar-refractivity contribution < 1.29 is 9.59 Å². The van der Waals surface area contributed by atoms with Gasteiger partial charge >= 0.3 is 0 Å². The van der Waals surface area contributed by atoms with Gasteiger partial charge in [-0.1, -0.05) is 26.2 Å². The number of nitrogens with one attached hydrogen (secondary N) is 2. The summed E-state index contributed by atoms with van der Waals surface area (Å²) in [5, 5.41) is 5.89. The third-order valence-electron chi connectivity index (χ3n) is 4.38. The maximum atomic E-state index is 12.2. The standard InChI is InChI=1S/C18H26N2O2/c1-3-13(2)19-17(21)15-9-11-16(12-10-15)20-18(22)14-7-5-4-6-8-14/h9-14H,3-8H2,1-2H3,(H,19,21)(H,20,22). The molecule has 4 heteroatoms. The number of benzene rings is 1. The number of carbonyl (C=O) groups is 2. The summed E-state index contributed by atoms with van der Waals surface area (Å²) in [5.74, 6) is 0.179. The number of hydrogen-bond donors (Lipinski definition) is 2. The van der Waals surface area contributed by atoms with E-state index >= 15 is 0 Å². The van der Waals surface area contributed by atoms with Crippen molar-refractivity contribution in [3.05, 3.63) is 29.8 Å². The van der Waals surface area contributed by atoms with Crippen LogP contribution in [0, 0.1) is 5.92 Å². The smallest absolute Gasteiger partial charge is 0.251 e. The molecule has 2 amide bonds. The van der Waals surface area contributed by atoms with Crippen LogP contribution in [0.3, 0.4) is 0 Å². The number of amides is 2. The topological polar surface area (TPSA) is 58.2 Å². The van der Waals surface area contributed by atoms with Crippen LogP contribution in [0.5, 0.6) is 0 Å². The second kappa shape index (κ2) is 7.97. The summed E-state index contributed by atoms with van der Waals surface area (Å²) in [6.45, 7) is 4.02. The molecule has 0 radical (unpaired) electrons. The van der Waals surface area contributed by atoms with E-state index in [4.69, 9.17) is 0 Å². The van der Waals surface area contributed by atoms with Crippen molar-refractivity contribution in [3.8, 4) is 0 Å². The van der Waals surface area contributed by atoms with E-state index in [0.29, 0.717) is 5.56 Å². The number of rotatable bonds is 5. The van der Waals surface area contributed by atoms with Crippen molar-refractivity contribution in [1.29, 1.82) is 0 Å². The highest BCUT2D eigenvalue weighted by Crippen LogP contribution is 2.25. The first kappa shape index (κ1) is 16.5. The summed E-state index contributed by atoms with van der Waals surface area (Å²) in [5.41, 5.74) is 1.38. The zero-order chi connectivity index (χ0) is 15.9. The van der Waals surface area contributed by atoms with E-state index in [1.807, 2.05) is 13.8 Å². The normalized spacial score (nSPS) is 16.8. The van der Waals surface area contributed by atoms with Gasteiger partial charge in [-0.3, -0.25) is 9.59 Å². The number of anilines is 1. The lowest BCUT2D eigenvalue weighted by Crippen LogP contribution is -2.31. The fourth-order valence-electron chi connectivity index (χ4n) is 2.72. The quantitative estimate of drug-likeness (QED) is 0.870. The Morgan fingerprint density at radius 2 is 1.77 bits per heavy atom. The van der Waals surface area contributed by atoms with Crippen molar-refractivity contribution in [2.75, 3.05) is 5.32 Å². The van der Waals surface area contributed by atoms with Gasteiger partial charge in [-0.25, -0.2) is 0 Å². The van der Waals surface area contributed by atoms with E-state index in [9.17, 15) is 9.59 Å². The first-order valence-electron chi connectivity index (χ1n) is 8.32. The minimum Gasteiger partial charge on any atom is -0.350 e. The first-order chi connectivity index (χ1) is 10.6. The third-order valence-corrected chi connectivity index (χ3v) is 4.38. The van der Waals surface area contributed by atoms with Gasteiger partial charge in [0.05, 0.1) is 0 Å². The van der Waals surface area contributed by atoms with Gasteiger partial charge in [0.15, 0.2) is 0 Å². The molecule has 1 unspecified atom stereocenters. The molecule has 1 aromatic rings. The molecule has 1 fully saturated rings. The maximum absolute atomic E-state index is 12.2. The molecular weight excluding hydrogens is 276 g/mol. The Bertz CT molecular complexity index is 504. The van der Waals surface area contributed by atoms with Crippen molar-refractivity contribution in [3.63, 3.8) is 0 Å². The van der Waals surface area contributed by atoms with Crippen LogP contribution in [0.4, 0.5) is 5.69 Å². The average Bonchev–Trinajstić information content (AvgIpc) is 2.56. The van der Waals surface area contributed by atoms with Gasteiger partial charge < -0.3 is 10.6 Å². The first-order valence-corrected chi connectivity index (χ1v) is 8.32.